The van der Waals surface area contributed by atoms with Gasteiger partial charge in [0.15, 0.2) is 0 Å². The molecule has 0 fully saturated rings. The van der Waals surface area contributed by atoms with E-state index in [0.29, 0.717) is 23.7 Å². The molecule has 36 heavy (non-hydrogen) atoms. The summed E-state index contributed by atoms with van der Waals surface area (Å²) in [6.07, 6.45) is 3.07. The van der Waals surface area contributed by atoms with Crippen LogP contribution in [-0.2, 0) is 6.42 Å². The number of benzene rings is 3. The molecular weight excluding hydrogens is 434 g/mol. The summed E-state index contributed by atoms with van der Waals surface area (Å²) in [6.45, 7) is 20.7. The SMILES string of the molecule is Cc1cc(-c2c(C(C)C)cc(C(C)C)cc2C(C)C)cc(-c2nccc3cc(CC(C)C)ccc23)c1. The van der Waals surface area contributed by atoms with E-state index in [-0.39, 0.29) is 0 Å². The predicted octanol–water partition coefficient (Wildman–Crippen LogP) is 10.4. The molecule has 1 heterocycles. The molecule has 0 N–H and O–H groups in total. The van der Waals surface area contributed by atoms with Gasteiger partial charge >= 0.3 is 0 Å². The van der Waals surface area contributed by atoms with Crippen LogP contribution in [-0.4, -0.2) is 4.98 Å². The largest absolute Gasteiger partial charge is 0.256 e. The molecule has 0 bridgehead atoms. The minimum atomic E-state index is 0.454. The van der Waals surface area contributed by atoms with Crippen LogP contribution in [0.3, 0.4) is 0 Å². The van der Waals surface area contributed by atoms with E-state index in [1.54, 1.807) is 0 Å². The molecule has 0 unspecified atom stereocenters. The molecule has 0 saturated heterocycles. The summed E-state index contributed by atoms with van der Waals surface area (Å²) in [7, 11) is 0. The van der Waals surface area contributed by atoms with Crippen molar-refractivity contribution in [3.63, 3.8) is 0 Å². The first-order valence-corrected chi connectivity index (χ1v) is 13.7. The second kappa shape index (κ2) is 10.6. The molecule has 0 atom stereocenters. The van der Waals surface area contributed by atoms with Gasteiger partial charge in [-0.2, -0.15) is 0 Å². The molecule has 1 heteroatoms. The lowest BCUT2D eigenvalue weighted by Gasteiger charge is -2.24. The zero-order valence-electron chi connectivity index (χ0n) is 23.7. The highest BCUT2D eigenvalue weighted by molar-refractivity contribution is 5.95. The summed E-state index contributed by atoms with van der Waals surface area (Å²) in [4.78, 5) is 4.90. The highest BCUT2D eigenvalue weighted by Gasteiger charge is 2.20. The number of rotatable bonds is 7. The fraction of sp³-hybridized carbons (Fsp3) is 0.400. The van der Waals surface area contributed by atoms with Crippen LogP contribution in [0.25, 0.3) is 33.2 Å². The Morgan fingerprint density at radius 2 is 1.31 bits per heavy atom. The van der Waals surface area contributed by atoms with Crippen LogP contribution in [0.15, 0.2) is 60.8 Å². The number of aromatic nitrogens is 1. The van der Waals surface area contributed by atoms with Crippen molar-refractivity contribution < 1.29 is 0 Å². The number of fused-ring (bicyclic) bond motifs is 1. The topological polar surface area (TPSA) is 12.9 Å². The van der Waals surface area contributed by atoms with Gasteiger partial charge in [-0.15, -0.1) is 0 Å². The summed E-state index contributed by atoms with van der Waals surface area (Å²) >= 11 is 0. The molecule has 188 valence electrons. The number of nitrogens with zero attached hydrogens (tertiary/aromatic N) is 1. The normalized spacial score (nSPS) is 12.0. The lowest BCUT2D eigenvalue weighted by Crippen LogP contribution is -2.04. The van der Waals surface area contributed by atoms with Crippen LogP contribution in [0, 0.1) is 12.8 Å². The number of aryl methyl sites for hydroxylation is 1. The minimum Gasteiger partial charge on any atom is -0.256 e. The first-order chi connectivity index (χ1) is 17.0. The molecule has 0 aliphatic carbocycles. The van der Waals surface area contributed by atoms with E-state index in [1.807, 2.05) is 6.20 Å². The minimum absolute atomic E-state index is 0.454. The van der Waals surface area contributed by atoms with Crippen molar-refractivity contribution in [2.24, 2.45) is 5.92 Å². The average molecular weight is 478 g/mol. The molecular formula is C35H43N. The smallest absolute Gasteiger partial charge is 0.0780 e. The van der Waals surface area contributed by atoms with Crippen molar-refractivity contribution in [2.75, 3.05) is 0 Å². The molecule has 0 saturated carbocycles. The summed E-state index contributed by atoms with van der Waals surface area (Å²) in [5, 5.41) is 2.50. The first-order valence-electron chi connectivity index (χ1n) is 13.7. The Labute approximate surface area is 219 Å². The maximum Gasteiger partial charge on any atom is 0.0780 e. The van der Waals surface area contributed by atoms with Gasteiger partial charge in [0.05, 0.1) is 5.69 Å². The van der Waals surface area contributed by atoms with Gasteiger partial charge in [-0.1, -0.05) is 91.8 Å². The fourth-order valence-electron chi connectivity index (χ4n) is 5.41. The van der Waals surface area contributed by atoms with Crippen LogP contribution in [0.2, 0.25) is 0 Å². The number of hydrogen-bond acceptors (Lipinski definition) is 1. The van der Waals surface area contributed by atoms with Crippen molar-refractivity contribution in [1.82, 2.24) is 4.98 Å². The fourth-order valence-corrected chi connectivity index (χ4v) is 5.41. The zero-order chi connectivity index (χ0) is 26.1. The third kappa shape index (κ3) is 5.41. The molecule has 0 amide bonds. The third-order valence-corrected chi connectivity index (χ3v) is 7.24. The van der Waals surface area contributed by atoms with Crippen molar-refractivity contribution >= 4 is 10.8 Å². The molecule has 0 spiro atoms. The average Bonchev–Trinajstić information content (AvgIpc) is 2.81. The summed E-state index contributed by atoms with van der Waals surface area (Å²) in [5.74, 6) is 2.07. The summed E-state index contributed by atoms with van der Waals surface area (Å²) < 4.78 is 0. The van der Waals surface area contributed by atoms with E-state index in [1.165, 1.54) is 55.3 Å². The highest BCUT2D eigenvalue weighted by atomic mass is 14.7. The van der Waals surface area contributed by atoms with Crippen molar-refractivity contribution in [3.05, 3.63) is 88.6 Å². The van der Waals surface area contributed by atoms with Gasteiger partial charge in [-0.25, -0.2) is 0 Å². The molecule has 3 aromatic carbocycles. The van der Waals surface area contributed by atoms with Crippen molar-refractivity contribution in [2.45, 2.75) is 86.5 Å². The molecule has 0 radical (unpaired) electrons. The first kappa shape index (κ1) is 26.1. The van der Waals surface area contributed by atoms with Gasteiger partial charge in [0.2, 0.25) is 0 Å². The van der Waals surface area contributed by atoms with E-state index in [9.17, 15) is 0 Å². The maximum absolute atomic E-state index is 4.90. The van der Waals surface area contributed by atoms with E-state index in [4.69, 9.17) is 4.98 Å². The number of pyridine rings is 1. The molecule has 1 nitrogen and oxygen atoms in total. The van der Waals surface area contributed by atoms with Gasteiger partial charge in [0, 0.05) is 17.1 Å². The Bertz CT molecular complexity index is 1340. The Morgan fingerprint density at radius 3 is 1.89 bits per heavy atom. The quantitative estimate of drug-likeness (QED) is 0.258. The van der Waals surface area contributed by atoms with E-state index in [0.717, 1.165) is 12.1 Å². The Balaban J connectivity index is 1.93. The standard InChI is InChI=1S/C35H43N/c1-21(2)14-26-10-11-31-27(17-26)12-13-36-35(31)30-16-25(9)15-29(18-30)34-32(23(5)6)19-28(22(3)4)20-33(34)24(7)8/h10-13,15-24H,14H2,1-9H3. The summed E-state index contributed by atoms with van der Waals surface area (Å²) in [6, 6.07) is 21.0. The monoisotopic (exact) mass is 477 g/mol. The molecule has 0 aliphatic rings. The van der Waals surface area contributed by atoms with Gasteiger partial charge < -0.3 is 0 Å². The Morgan fingerprint density at radius 1 is 0.667 bits per heavy atom. The van der Waals surface area contributed by atoms with Gasteiger partial charge in [-0.05, 0) is 99.5 Å². The highest BCUT2D eigenvalue weighted by Crippen LogP contribution is 2.41. The second-order valence-electron chi connectivity index (χ2n) is 11.9. The zero-order valence-corrected chi connectivity index (χ0v) is 23.7. The lowest BCUT2D eigenvalue weighted by molar-refractivity contribution is 0.648. The molecule has 1 aromatic heterocycles. The van der Waals surface area contributed by atoms with Crippen molar-refractivity contribution in [3.8, 4) is 22.4 Å². The molecule has 4 aromatic rings. The third-order valence-electron chi connectivity index (χ3n) is 7.24. The van der Waals surface area contributed by atoms with E-state index in [2.05, 4.69) is 117 Å². The van der Waals surface area contributed by atoms with Crippen LogP contribution < -0.4 is 0 Å². The Kier molecular flexibility index (Phi) is 7.69. The maximum atomic E-state index is 4.90. The van der Waals surface area contributed by atoms with Crippen LogP contribution in [0.1, 0.15) is 101 Å². The molecule has 0 aliphatic heterocycles. The van der Waals surface area contributed by atoms with Crippen LogP contribution in [0.4, 0.5) is 0 Å². The van der Waals surface area contributed by atoms with Gasteiger partial charge in [-0.3, -0.25) is 4.98 Å². The Hall–Kier alpha value is -2.93. The van der Waals surface area contributed by atoms with Gasteiger partial charge in [0.1, 0.15) is 0 Å². The van der Waals surface area contributed by atoms with Crippen molar-refractivity contribution in [1.29, 1.82) is 0 Å². The van der Waals surface area contributed by atoms with E-state index < -0.39 is 0 Å². The van der Waals surface area contributed by atoms with Crippen LogP contribution >= 0.6 is 0 Å². The van der Waals surface area contributed by atoms with Crippen LogP contribution in [0.5, 0.6) is 0 Å². The van der Waals surface area contributed by atoms with E-state index >= 15 is 0 Å². The predicted molar refractivity (Wildman–Crippen MR) is 158 cm³/mol. The number of hydrogen-bond donors (Lipinski definition) is 0. The molecule has 4 rings (SSSR count). The lowest BCUT2D eigenvalue weighted by atomic mass is 9.81. The second-order valence-corrected chi connectivity index (χ2v) is 11.9. The van der Waals surface area contributed by atoms with Gasteiger partial charge in [0.25, 0.3) is 0 Å². The summed E-state index contributed by atoms with van der Waals surface area (Å²) in [5.41, 5.74) is 12.0.